The van der Waals surface area contributed by atoms with Gasteiger partial charge in [-0.25, -0.2) is 4.98 Å². The van der Waals surface area contributed by atoms with Crippen LogP contribution in [-0.2, 0) is 6.42 Å². The van der Waals surface area contributed by atoms with Gasteiger partial charge in [0.1, 0.15) is 11.6 Å². The summed E-state index contributed by atoms with van der Waals surface area (Å²) in [6, 6.07) is 5.77. The molecule has 0 radical (unpaired) electrons. The topological polar surface area (TPSA) is 47.3 Å². The van der Waals surface area contributed by atoms with Crippen molar-refractivity contribution in [3.63, 3.8) is 0 Å². The number of aliphatic hydroxyl groups is 1. The quantitative estimate of drug-likeness (QED) is 0.899. The lowest BCUT2D eigenvalue weighted by molar-refractivity contribution is 0.194. The SMILES string of the molecule is CCCc1nccn1-c1cccc(OC)c1C(C)O. The summed E-state index contributed by atoms with van der Waals surface area (Å²) < 4.78 is 7.37. The van der Waals surface area contributed by atoms with Crippen molar-refractivity contribution >= 4 is 0 Å². The number of imidazole rings is 1. The van der Waals surface area contributed by atoms with Gasteiger partial charge in [0, 0.05) is 24.4 Å². The maximum absolute atomic E-state index is 10.0. The molecule has 0 saturated heterocycles. The number of nitrogens with zero attached hydrogens (tertiary/aromatic N) is 2. The summed E-state index contributed by atoms with van der Waals surface area (Å²) in [5.41, 5.74) is 1.72. The molecule has 4 nitrogen and oxygen atoms in total. The van der Waals surface area contributed by atoms with Gasteiger partial charge in [-0.15, -0.1) is 0 Å². The summed E-state index contributed by atoms with van der Waals surface area (Å²) in [4.78, 5) is 4.38. The number of aliphatic hydroxyl groups excluding tert-OH is 1. The van der Waals surface area contributed by atoms with Gasteiger partial charge in [0.15, 0.2) is 0 Å². The van der Waals surface area contributed by atoms with Crippen LogP contribution in [0.15, 0.2) is 30.6 Å². The van der Waals surface area contributed by atoms with E-state index in [4.69, 9.17) is 4.74 Å². The molecule has 0 spiro atoms. The molecule has 4 heteroatoms. The third-order valence-electron chi connectivity index (χ3n) is 3.13. The van der Waals surface area contributed by atoms with Gasteiger partial charge >= 0.3 is 0 Å². The average molecular weight is 260 g/mol. The van der Waals surface area contributed by atoms with Crippen molar-refractivity contribution in [2.45, 2.75) is 32.8 Å². The molecule has 1 unspecified atom stereocenters. The largest absolute Gasteiger partial charge is 0.496 e. The molecule has 0 aliphatic rings. The van der Waals surface area contributed by atoms with E-state index in [9.17, 15) is 5.11 Å². The molecule has 0 aliphatic carbocycles. The first-order valence-corrected chi connectivity index (χ1v) is 6.56. The summed E-state index contributed by atoms with van der Waals surface area (Å²) in [6.45, 7) is 3.87. The van der Waals surface area contributed by atoms with Crippen LogP contribution in [0.2, 0.25) is 0 Å². The van der Waals surface area contributed by atoms with Gasteiger partial charge < -0.3 is 14.4 Å². The van der Waals surface area contributed by atoms with Crippen molar-refractivity contribution in [2.75, 3.05) is 7.11 Å². The lowest BCUT2D eigenvalue weighted by Crippen LogP contribution is -2.07. The minimum atomic E-state index is -0.594. The second-order valence-electron chi connectivity index (χ2n) is 4.53. The number of benzene rings is 1. The Bertz CT molecular complexity index is 547. The molecule has 0 amide bonds. The molecule has 0 fully saturated rings. The van der Waals surface area contributed by atoms with Crippen molar-refractivity contribution in [1.82, 2.24) is 9.55 Å². The molecular formula is C15H20N2O2. The van der Waals surface area contributed by atoms with Crippen molar-refractivity contribution in [3.05, 3.63) is 42.0 Å². The van der Waals surface area contributed by atoms with Gasteiger partial charge in [-0.1, -0.05) is 13.0 Å². The second-order valence-corrected chi connectivity index (χ2v) is 4.53. The zero-order valence-electron chi connectivity index (χ0n) is 11.6. The van der Waals surface area contributed by atoms with Crippen molar-refractivity contribution in [3.8, 4) is 11.4 Å². The first kappa shape index (κ1) is 13.6. The zero-order valence-corrected chi connectivity index (χ0v) is 11.6. The fraction of sp³-hybridized carbons (Fsp3) is 0.400. The summed E-state index contributed by atoms with van der Waals surface area (Å²) in [7, 11) is 1.62. The van der Waals surface area contributed by atoms with Crippen molar-refractivity contribution < 1.29 is 9.84 Å². The second kappa shape index (κ2) is 5.89. The lowest BCUT2D eigenvalue weighted by Gasteiger charge is -2.18. The van der Waals surface area contributed by atoms with E-state index < -0.39 is 6.10 Å². The number of rotatable bonds is 5. The molecule has 2 rings (SSSR count). The number of aryl methyl sites for hydroxylation is 1. The first-order chi connectivity index (χ1) is 9.19. The standard InChI is InChI=1S/C15H20N2O2/c1-4-6-14-16-9-10-17(14)12-7-5-8-13(19-3)15(12)11(2)18/h5,7-11,18H,4,6H2,1-3H3. The molecule has 0 bridgehead atoms. The Balaban J connectivity index is 2.58. The Kier molecular flexibility index (Phi) is 4.22. The van der Waals surface area contributed by atoms with Gasteiger partial charge in [0.05, 0.1) is 18.9 Å². The van der Waals surface area contributed by atoms with E-state index in [1.807, 2.05) is 29.0 Å². The maximum Gasteiger partial charge on any atom is 0.126 e. The fourth-order valence-electron chi connectivity index (χ4n) is 2.30. The Morgan fingerprint density at radius 1 is 1.42 bits per heavy atom. The highest BCUT2D eigenvalue weighted by molar-refractivity contribution is 5.51. The molecule has 1 aromatic heterocycles. The van der Waals surface area contributed by atoms with Crippen LogP contribution in [0.1, 0.15) is 37.8 Å². The summed E-state index contributed by atoms with van der Waals surface area (Å²) >= 11 is 0. The third kappa shape index (κ3) is 2.63. The lowest BCUT2D eigenvalue weighted by atomic mass is 10.1. The zero-order chi connectivity index (χ0) is 13.8. The van der Waals surface area contributed by atoms with E-state index in [2.05, 4.69) is 11.9 Å². The number of aromatic nitrogens is 2. The first-order valence-electron chi connectivity index (χ1n) is 6.56. The molecule has 1 aromatic carbocycles. The van der Waals surface area contributed by atoms with Crippen molar-refractivity contribution in [2.24, 2.45) is 0 Å². The molecule has 0 aliphatic heterocycles. The van der Waals surface area contributed by atoms with Crippen LogP contribution in [0.5, 0.6) is 5.75 Å². The number of ether oxygens (including phenoxy) is 1. The van der Waals surface area contributed by atoms with E-state index in [0.29, 0.717) is 5.75 Å². The minimum Gasteiger partial charge on any atom is -0.496 e. The fourth-order valence-corrected chi connectivity index (χ4v) is 2.30. The molecule has 0 saturated carbocycles. The van der Waals surface area contributed by atoms with Crippen LogP contribution in [0.25, 0.3) is 5.69 Å². The predicted octanol–water partition coefficient (Wildman–Crippen LogP) is 2.89. The molecule has 1 N–H and O–H groups in total. The third-order valence-corrected chi connectivity index (χ3v) is 3.13. The Morgan fingerprint density at radius 2 is 2.21 bits per heavy atom. The normalized spacial score (nSPS) is 12.4. The highest BCUT2D eigenvalue weighted by Gasteiger charge is 2.16. The smallest absolute Gasteiger partial charge is 0.126 e. The van der Waals surface area contributed by atoms with Crippen molar-refractivity contribution in [1.29, 1.82) is 0 Å². The highest BCUT2D eigenvalue weighted by atomic mass is 16.5. The van der Waals surface area contributed by atoms with E-state index in [1.165, 1.54) is 0 Å². The van der Waals surface area contributed by atoms with Gasteiger partial charge in [0.2, 0.25) is 0 Å². The average Bonchev–Trinajstić information content (AvgIpc) is 2.86. The van der Waals surface area contributed by atoms with E-state index in [-0.39, 0.29) is 0 Å². The van der Waals surface area contributed by atoms with E-state index in [1.54, 1.807) is 20.2 Å². The van der Waals surface area contributed by atoms with Crippen LogP contribution in [0.4, 0.5) is 0 Å². The number of hydrogen-bond donors (Lipinski definition) is 1. The minimum absolute atomic E-state index is 0.594. The Morgan fingerprint density at radius 3 is 2.84 bits per heavy atom. The van der Waals surface area contributed by atoms with Gasteiger partial charge in [-0.05, 0) is 25.5 Å². The van der Waals surface area contributed by atoms with Gasteiger partial charge in [0.25, 0.3) is 0 Å². The van der Waals surface area contributed by atoms with Crippen LogP contribution in [-0.4, -0.2) is 21.8 Å². The highest BCUT2D eigenvalue weighted by Crippen LogP contribution is 2.31. The summed E-state index contributed by atoms with van der Waals surface area (Å²) in [6.07, 6.45) is 5.05. The summed E-state index contributed by atoms with van der Waals surface area (Å²) in [5, 5.41) is 10.0. The van der Waals surface area contributed by atoms with E-state index in [0.717, 1.165) is 29.9 Å². The Labute approximate surface area is 113 Å². The number of hydrogen-bond acceptors (Lipinski definition) is 3. The maximum atomic E-state index is 10.0. The molecule has 102 valence electrons. The van der Waals surface area contributed by atoms with Gasteiger partial charge in [-0.2, -0.15) is 0 Å². The predicted molar refractivity (Wildman–Crippen MR) is 74.7 cm³/mol. The van der Waals surface area contributed by atoms with Crippen LogP contribution < -0.4 is 4.74 Å². The molecule has 1 heterocycles. The number of methoxy groups -OCH3 is 1. The van der Waals surface area contributed by atoms with Crippen LogP contribution in [0, 0.1) is 0 Å². The van der Waals surface area contributed by atoms with Crippen LogP contribution >= 0.6 is 0 Å². The van der Waals surface area contributed by atoms with Gasteiger partial charge in [-0.3, -0.25) is 0 Å². The molecule has 1 atom stereocenters. The molecule has 2 aromatic rings. The van der Waals surface area contributed by atoms with Crippen LogP contribution in [0.3, 0.4) is 0 Å². The van der Waals surface area contributed by atoms with E-state index >= 15 is 0 Å². The molecular weight excluding hydrogens is 240 g/mol. The monoisotopic (exact) mass is 260 g/mol. The molecule has 19 heavy (non-hydrogen) atoms. The summed E-state index contributed by atoms with van der Waals surface area (Å²) in [5.74, 6) is 1.70. The Hall–Kier alpha value is -1.81.